The Morgan fingerprint density at radius 1 is 1.19 bits per heavy atom. The first kappa shape index (κ1) is 21.3. The van der Waals surface area contributed by atoms with Gasteiger partial charge in [-0.2, -0.15) is 4.98 Å². The zero-order valence-electron chi connectivity index (χ0n) is 18.0. The van der Waals surface area contributed by atoms with E-state index in [1.54, 1.807) is 24.4 Å². The maximum absolute atomic E-state index is 12.4. The van der Waals surface area contributed by atoms with Crippen LogP contribution in [0, 0.1) is 0 Å². The Labute approximate surface area is 184 Å². The summed E-state index contributed by atoms with van der Waals surface area (Å²) in [5.74, 6) is 1.49. The normalized spacial score (nSPS) is 11.2. The largest absolute Gasteiger partial charge is 0.350 e. The molecule has 3 aromatic heterocycles. The van der Waals surface area contributed by atoms with Gasteiger partial charge in [-0.25, -0.2) is 14.3 Å². The number of aromatic nitrogens is 5. The molecule has 0 atom stereocenters. The molecule has 0 saturated heterocycles. The molecule has 0 aliphatic rings. The van der Waals surface area contributed by atoms with Crippen LogP contribution < -0.4 is 16.3 Å². The number of anilines is 1. The predicted octanol–water partition coefficient (Wildman–Crippen LogP) is 2.81. The van der Waals surface area contributed by atoms with Crippen molar-refractivity contribution in [3.05, 3.63) is 76.4 Å². The van der Waals surface area contributed by atoms with Crippen LogP contribution in [-0.4, -0.2) is 36.9 Å². The van der Waals surface area contributed by atoms with Gasteiger partial charge >= 0.3 is 11.7 Å². The highest BCUT2D eigenvalue weighted by Gasteiger charge is 2.10. The monoisotopic (exact) mass is 435 g/mol. The van der Waals surface area contributed by atoms with Crippen LogP contribution in [0.4, 0.5) is 10.5 Å². The minimum atomic E-state index is -0.305. The molecule has 0 bridgehead atoms. The summed E-state index contributed by atoms with van der Waals surface area (Å²) < 4.78 is 8.09. The minimum Gasteiger partial charge on any atom is -0.339 e. The second-order valence-corrected chi connectivity index (χ2v) is 7.75. The minimum absolute atomic E-state index is 0.210. The Kier molecular flexibility index (Phi) is 6.29. The Bertz CT molecular complexity index is 1270. The Balaban J connectivity index is 1.28. The molecular formula is C22H25N7O3. The van der Waals surface area contributed by atoms with Crippen LogP contribution in [-0.2, 0) is 13.0 Å². The first-order valence-corrected chi connectivity index (χ1v) is 10.5. The number of hydrogen-bond donors (Lipinski definition) is 2. The van der Waals surface area contributed by atoms with Crippen molar-refractivity contribution in [3.63, 3.8) is 0 Å². The summed E-state index contributed by atoms with van der Waals surface area (Å²) in [6.07, 6.45) is 2.97. The molecule has 0 radical (unpaired) electrons. The molecule has 3 heterocycles. The van der Waals surface area contributed by atoms with Crippen LogP contribution in [0.5, 0.6) is 0 Å². The molecule has 0 aliphatic carbocycles. The van der Waals surface area contributed by atoms with Gasteiger partial charge < -0.3 is 15.2 Å². The number of nitrogens with zero attached hydrogens (tertiary/aromatic N) is 5. The van der Waals surface area contributed by atoms with Crippen LogP contribution in [0.25, 0.3) is 5.65 Å². The van der Waals surface area contributed by atoms with Gasteiger partial charge in [0.1, 0.15) is 0 Å². The van der Waals surface area contributed by atoms with Gasteiger partial charge in [-0.15, -0.1) is 5.10 Å². The van der Waals surface area contributed by atoms with E-state index in [-0.39, 0.29) is 17.6 Å². The molecule has 10 heteroatoms. The number of urea groups is 1. The van der Waals surface area contributed by atoms with E-state index in [4.69, 9.17) is 4.52 Å². The van der Waals surface area contributed by atoms with Crippen LogP contribution in [0.2, 0.25) is 0 Å². The number of fused-ring (bicyclic) bond motifs is 1. The summed E-state index contributed by atoms with van der Waals surface area (Å²) in [6, 6.07) is 12.4. The van der Waals surface area contributed by atoms with Crippen molar-refractivity contribution in [1.82, 2.24) is 29.6 Å². The fourth-order valence-corrected chi connectivity index (χ4v) is 3.21. The Hall–Kier alpha value is -3.95. The Morgan fingerprint density at radius 2 is 2.06 bits per heavy atom. The Morgan fingerprint density at radius 3 is 2.84 bits per heavy atom. The number of amides is 2. The first-order valence-electron chi connectivity index (χ1n) is 10.5. The maximum atomic E-state index is 12.4. The molecule has 0 aliphatic heterocycles. The molecule has 166 valence electrons. The van der Waals surface area contributed by atoms with Gasteiger partial charge in [0.05, 0.1) is 6.54 Å². The van der Waals surface area contributed by atoms with Crippen LogP contribution in [0.1, 0.15) is 43.5 Å². The van der Waals surface area contributed by atoms with Gasteiger partial charge in [-0.3, -0.25) is 4.40 Å². The molecule has 0 saturated carbocycles. The van der Waals surface area contributed by atoms with Gasteiger partial charge in [-0.05, 0) is 36.2 Å². The summed E-state index contributed by atoms with van der Waals surface area (Å²) in [4.78, 5) is 29.0. The lowest BCUT2D eigenvalue weighted by Crippen LogP contribution is -2.29. The third kappa shape index (κ3) is 5.02. The standard InChI is InChI=1S/C22H25N7O3/c1-15(2)20-25-19(32-27-20)10-6-11-23-21(30)24-17-8-5-7-16(13-17)14-29-22(31)28-12-4-3-9-18(28)26-29/h3-5,7-9,12-13,15H,6,10-11,14H2,1-2H3,(H2,23,24,30). The average molecular weight is 435 g/mol. The molecule has 32 heavy (non-hydrogen) atoms. The zero-order chi connectivity index (χ0) is 22.5. The van der Waals surface area contributed by atoms with E-state index in [0.717, 1.165) is 5.56 Å². The van der Waals surface area contributed by atoms with Gasteiger partial charge in [0.15, 0.2) is 11.5 Å². The highest BCUT2D eigenvalue weighted by atomic mass is 16.5. The van der Waals surface area contributed by atoms with Crippen molar-refractivity contribution in [3.8, 4) is 0 Å². The number of rotatable bonds is 8. The van der Waals surface area contributed by atoms with Gasteiger partial charge in [0.25, 0.3) is 0 Å². The summed E-state index contributed by atoms with van der Waals surface area (Å²) in [6.45, 7) is 4.79. The molecule has 10 nitrogen and oxygen atoms in total. The van der Waals surface area contributed by atoms with Gasteiger partial charge in [0, 0.05) is 30.8 Å². The quantitative estimate of drug-likeness (QED) is 0.411. The fraction of sp³-hybridized carbons (Fsp3) is 0.318. The highest BCUT2D eigenvalue weighted by molar-refractivity contribution is 5.89. The zero-order valence-corrected chi connectivity index (χ0v) is 18.0. The molecule has 0 fully saturated rings. The number of hydrogen-bond acceptors (Lipinski definition) is 6. The van der Waals surface area contributed by atoms with Gasteiger partial charge in [-0.1, -0.05) is 37.2 Å². The van der Waals surface area contributed by atoms with Crippen LogP contribution in [0.15, 0.2) is 58.0 Å². The highest BCUT2D eigenvalue weighted by Crippen LogP contribution is 2.12. The second kappa shape index (κ2) is 9.46. The molecular weight excluding hydrogens is 410 g/mol. The number of benzene rings is 1. The molecule has 4 aromatic rings. The molecule has 1 aromatic carbocycles. The number of aryl methyl sites for hydroxylation is 1. The van der Waals surface area contributed by atoms with Crippen molar-refractivity contribution in [2.75, 3.05) is 11.9 Å². The second-order valence-electron chi connectivity index (χ2n) is 7.75. The third-order valence-electron chi connectivity index (χ3n) is 4.86. The van der Waals surface area contributed by atoms with Crippen molar-refractivity contribution >= 4 is 17.4 Å². The SMILES string of the molecule is CC(C)c1noc(CCCNC(=O)Nc2cccc(Cn3nc4ccccn4c3=O)c2)n1. The fourth-order valence-electron chi connectivity index (χ4n) is 3.21. The number of carbonyl (C=O) groups excluding carboxylic acids is 1. The van der Waals surface area contributed by atoms with Gasteiger partial charge in [0.2, 0.25) is 5.89 Å². The molecule has 0 spiro atoms. The predicted molar refractivity (Wildman–Crippen MR) is 119 cm³/mol. The molecule has 2 N–H and O–H groups in total. The van der Waals surface area contributed by atoms with E-state index in [2.05, 4.69) is 25.9 Å². The van der Waals surface area contributed by atoms with E-state index in [9.17, 15) is 9.59 Å². The number of pyridine rings is 1. The van der Waals surface area contributed by atoms with Crippen LogP contribution >= 0.6 is 0 Å². The van der Waals surface area contributed by atoms with Crippen LogP contribution in [0.3, 0.4) is 0 Å². The number of carbonyl (C=O) groups is 1. The molecule has 0 unspecified atom stereocenters. The smallest absolute Gasteiger partial charge is 0.339 e. The van der Waals surface area contributed by atoms with Crippen molar-refractivity contribution < 1.29 is 9.32 Å². The summed E-state index contributed by atoms with van der Waals surface area (Å²) in [7, 11) is 0. The van der Waals surface area contributed by atoms with E-state index in [1.807, 2.05) is 38.1 Å². The summed E-state index contributed by atoms with van der Waals surface area (Å²) in [5.41, 5.74) is 1.87. The lowest BCUT2D eigenvalue weighted by Gasteiger charge is -2.08. The lowest BCUT2D eigenvalue weighted by atomic mass is 10.2. The first-order chi connectivity index (χ1) is 15.5. The number of nitrogens with one attached hydrogen (secondary N) is 2. The third-order valence-corrected chi connectivity index (χ3v) is 4.86. The topological polar surface area (TPSA) is 119 Å². The summed E-state index contributed by atoms with van der Waals surface area (Å²) in [5, 5.41) is 13.9. The summed E-state index contributed by atoms with van der Waals surface area (Å²) >= 11 is 0. The van der Waals surface area contributed by atoms with E-state index in [0.29, 0.717) is 49.0 Å². The molecule has 4 rings (SSSR count). The average Bonchev–Trinajstić information content (AvgIpc) is 3.37. The molecule has 2 amide bonds. The van der Waals surface area contributed by atoms with Crippen molar-refractivity contribution in [1.29, 1.82) is 0 Å². The lowest BCUT2D eigenvalue weighted by molar-refractivity contribution is 0.252. The maximum Gasteiger partial charge on any atom is 0.350 e. The van der Waals surface area contributed by atoms with Crippen molar-refractivity contribution in [2.45, 2.75) is 39.2 Å². The van der Waals surface area contributed by atoms with Crippen molar-refractivity contribution in [2.24, 2.45) is 0 Å². The van der Waals surface area contributed by atoms with E-state index >= 15 is 0 Å². The van der Waals surface area contributed by atoms with E-state index in [1.165, 1.54) is 9.08 Å². The van der Waals surface area contributed by atoms with E-state index < -0.39 is 0 Å².